The Balaban J connectivity index is 2.29. The first-order valence-electron chi connectivity index (χ1n) is 19.0. The first-order chi connectivity index (χ1) is 25.7. The summed E-state index contributed by atoms with van der Waals surface area (Å²) >= 11 is 0. The Labute approximate surface area is 328 Å². The lowest BCUT2D eigenvalue weighted by molar-refractivity contribution is -0.148. The van der Waals surface area contributed by atoms with Crippen LogP contribution in [0, 0.1) is 23.7 Å². The molecule has 1 aromatic carbocycles. The first-order valence-corrected chi connectivity index (χ1v) is 20.5. The van der Waals surface area contributed by atoms with E-state index in [1.54, 1.807) is 23.8 Å². The number of amides is 4. The molecule has 1 aromatic rings. The minimum Gasteiger partial charge on any atom is -0.465 e. The van der Waals surface area contributed by atoms with Gasteiger partial charge in [0.05, 0.1) is 60.2 Å². The molecule has 0 radical (unpaired) electrons. The van der Waals surface area contributed by atoms with Crippen molar-refractivity contribution < 1.29 is 46.6 Å². The summed E-state index contributed by atoms with van der Waals surface area (Å²) in [5, 5.41) is 3.00. The molecule has 1 heterocycles. The van der Waals surface area contributed by atoms with Gasteiger partial charge in [0, 0.05) is 27.8 Å². The number of nitrogens with one attached hydrogen (secondary N) is 2. The number of benzene rings is 1. The van der Waals surface area contributed by atoms with Gasteiger partial charge in [-0.1, -0.05) is 54.9 Å². The summed E-state index contributed by atoms with van der Waals surface area (Å²) in [6.07, 6.45) is 0.236. The van der Waals surface area contributed by atoms with Crippen LogP contribution >= 0.6 is 0 Å². The van der Waals surface area contributed by atoms with Gasteiger partial charge in [0.15, 0.2) is 0 Å². The Morgan fingerprint density at radius 2 is 1.49 bits per heavy atom. The van der Waals surface area contributed by atoms with Crippen LogP contribution in [-0.2, 0) is 43.4 Å². The number of esters is 1. The molecule has 0 bridgehead atoms. The van der Waals surface area contributed by atoms with Gasteiger partial charge in [-0.15, -0.1) is 0 Å². The molecule has 15 nitrogen and oxygen atoms in total. The van der Waals surface area contributed by atoms with Crippen LogP contribution in [-0.4, -0.2) is 138 Å². The molecule has 2 N–H and O–H groups in total. The van der Waals surface area contributed by atoms with E-state index >= 15 is 0 Å². The summed E-state index contributed by atoms with van der Waals surface area (Å²) in [7, 11) is 5.19. The van der Waals surface area contributed by atoms with Crippen molar-refractivity contribution in [3.63, 3.8) is 0 Å². The van der Waals surface area contributed by atoms with Crippen molar-refractivity contribution >= 4 is 39.6 Å². The molecule has 4 amide bonds. The predicted molar refractivity (Wildman–Crippen MR) is 208 cm³/mol. The average molecular weight is 796 g/mol. The summed E-state index contributed by atoms with van der Waals surface area (Å²) in [5.74, 6) is -3.47. The van der Waals surface area contributed by atoms with Gasteiger partial charge in [0.2, 0.25) is 23.6 Å². The van der Waals surface area contributed by atoms with Crippen molar-refractivity contribution in [1.29, 1.82) is 0 Å². The number of carbonyl (C=O) groups is 5. The normalized spacial score (nSPS) is 18.6. The van der Waals surface area contributed by atoms with Crippen LogP contribution in [0.2, 0.25) is 0 Å². The number of rotatable bonds is 20. The van der Waals surface area contributed by atoms with Gasteiger partial charge in [-0.2, -0.15) is 0 Å². The predicted octanol–water partition coefficient (Wildman–Crippen LogP) is 2.93. The molecule has 1 saturated heterocycles. The van der Waals surface area contributed by atoms with E-state index in [0.29, 0.717) is 25.8 Å². The van der Waals surface area contributed by atoms with Gasteiger partial charge >= 0.3 is 5.97 Å². The number of sulfonamides is 1. The summed E-state index contributed by atoms with van der Waals surface area (Å²) in [6.45, 7) is 13.6. The molecule has 55 heavy (non-hydrogen) atoms. The molecule has 1 aliphatic heterocycles. The van der Waals surface area contributed by atoms with Crippen LogP contribution in [0.1, 0.15) is 84.5 Å². The minimum atomic E-state index is -4.30. The topological polar surface area (TPSA) is 181 Å². The number of ether oxygens (including phenoxy) is 3. The van der Waals surface area contributed by atoms with Crippen molar-refractivity contribution in [2.24, 2.45) is 23.7 Å². The third-order valence-corrected chi connectivity index (χ3v) is 12.1. The maximum Gasteiger partial charge on any atom is 0.337 e. The number of methoxy groups -OCH3 is 3. The molecule has 1 fully saturated rings. The largest absolute Gasteiger partial charge is 0.465 e. The summed E-state index contributed by atoms with van der Waals surface area (Å²) in [6, 6.07) is 2.69. The van der Waals surface area contributed by atoms with E-state index in [-0.39, 0.29) is 52.4 Å². The third-order valence-electron chi connectivity index (χ3n) is 10.8. The second-order valence-electron chi connectivity index (χ2n) is 15.5. The Hall–Kier alpha value is -3.60. The summed E-state index contributed by atoms with van der Waals surface area (Å²) in [5.41, 5.74) is 0.152. The second kappa shape index (κ2) is 21.1. The lowest BCUT2D eigenvalue weighted by Gasteiger charge is -2.41. The Kier molecular flexibility index (Phi) is 18.2. The maximum absolute atomic E-state index is 14.2. The van der Waals surface area contributed by atoms with Crippen molar-refractivity contribution in [1.82, 2.24) is 24.7 Å². The quantitative estimate of drug-likeness (QED) is 0.185. The van der Waals surface area contributed by atoms with E-state index in [0.717, 1.165) is 0 Å². The molecular formula is C39H65N5O10S. The van der Waals surface area contributed by atoms with Crippen LogP contribution in [0.15, 0.2) is 29.2 Å². The number of likely N-dealkylation sites (tertiary alicyclic amines) is 1. The molecule has 312 valence electrons. The first kappa shape index (κ1) is 47.6. The molecular weight excluding hydrogens is 731 g/mol. The molecule has 0 spiro atoms. The SMILES string of the molecule is CC[C@H](C)[C@@H]([C@@H](CC(=O)N1CCC[C@H]1[C@H](OC)[C@@H](C)C(=O)NS(=O)(=O)c1ccc(C(=O)OC)cc1)OC)N(C)C(=O)[C@@H](NC(=O)[C@H](C(C)C)N(C)C)C(C)C. The Morgan fingerprint density at radius 1 is 0.891 bits per heavy atom. The molecule has 0 aliphatic carbocycles. The van der Waals surface area contributed by atoms with Crippen LogP contribution in [0.5, 0.6) is 0 Å². The van der Waals surface area contributed by atoms with Gasteiger partial charge in [0.25, 0.3) is 10.0 Å². The van der Waals surface area contributed by atoms with Crippen LogP contribution in [0.4, 0.5) is 0 Å². The van der Waals surface area contributed by atoms with E-state index in [1.165, 1.54) is 45.6 Å². The van der Waals surface area contributed by atoms with Crippen molar-refractivity contribution in [3.05, 3.63) is 29.8 Å². The molecule has 0 unspecified atom stereocenters. The smallest absolute Gasteiger partial charge is 0.337 e. The fourth-order valence-electron chi connectivity index (χ4n) is 7.58. The lowest BCUT2D eigenvalue weighted by atomic mass is 9.89. The maximum atomic E-state index is 14.2. The van der Waals surface area contributed by atoms with Gasteiger partial charge < -0.3 is 29.3 Å². The van der Waals surface area contributed by atoms with Gasteiger partial charge in [-0.3, -0.25) is 24.1 Å². The lowest BCUT2D eigenvalue weighted by Crippen LogP contribution is -2.59. The fraction of sp³-hybridized carbons (Fsp3) is 0.718. The highest BCUT2D eigenvalue weighted by molar-refractivity contribution is 7.90. The summed E-state index contributed by atoms with van der Waals surface area (Å²) in [4.78, 5) is 71.8. The van der Waals surface area contributed by atoms with Gasteiger partial charge in [-0.05, 0) is 69.0 Å². The Bertz CT molecular complexity index is 1560. The number of likely N-dealkylation sites (N-methyl/N-ethyl adjacent to an activating group) is 2. The second-order valence-corrected chi connectivity index (χ2v) is 17.1. The molecule has 2 rings (SSSR count). The van der Waals surface area contributed by atoms with Gasteiger partial charge in [0.1, 0.15) is 6.04 Å². The van der Waals surface area contributed by atoms with E-state index in [1.807, 2.05) is 60.5 Å². The highest BCUT2D eigenvalue weighted by Gasteiger charge is 2.43. The van der Waals surface area contributed by atoms with Crippen molar-refractivity contribution in [2.45, 2.75) is 115 Å². The third kappa shape index (κ3) is 11.9. The molecule has 8 atom stereocenters. The van der Waals surface area contributed by atoms with E-state index in [4.69, 9.17) is 9.47 Å². The number of hydrogen-bond donors (Lipinski definition) is 2. The minimum absolute atomic E-state index is 0.0171. The highest BCUT2D eigenvalue weighted by atomic mass is 32.2. The van der Waals surface area contributed by atoms with Crippen molar-refractivity contribution in [2.75, 3.05) is 49.0 Å². The average Bonchev–Trinajstić information content (AvgIpc) is 3.62. The number of nitrogens with zero attached hydrogens (tertiary/aromatic N) is 3. The van der Waals surface area contributed by atoms with Crippen LogP contribution < -0.4 is 10.0 Å². The van der Waals surface area contributed by atoms with E-state index in [2.05, 4.69) is 14.8 Å². The fourth-order valence-corrected chi connectivity index (χ4v) is 8.65. The number of hydrogen-bond acceptors (Lipinski definition) is 11. The Morgan fingerprint density at radius 3 is 1.96 bits per heavy atom. The monoisotopic (exact) mass is 795 g/mol. The van der Waals surface area contributed by atoms with Crippen LogP contribution in [0.25, 0.3) is 0 Å². The molecule has 1 aliphatic rings. The number of carbonyl (C=O) groups excluding carboxylic acids is 5. The zero-order chi connectivity index (χ0) is 41.9. The molecule has 0 saturated carbocycles. The zero-order valence-corrected chi connectivity index (χ0v) is 35.8. The van der Waals surface area contributed by atoms with E-state index in [9.17, 15) is 32.4 Å². The van der Waals surface area contributed by atoms with Gasteiger partial charge in [-0.25, -0.2) is 17.9 Å². The standard InChI is InChI=1S/C39H65N5O10S/c1-14-25(6)34(43(10)38(48)32(23(2)3)40-37(47)33(24(4)5)42(8)9)30(52-11)22-31(45)44-21-15-16-29(44)35(53-12)26(7)36(46)41-55(50,51)28-19-17-27(18-20-28)39(49)54-13/h17-20,23-26,29-30,32-35H,14-16,21-22H2,1-13H3,(H,40,47)(H,41,46)/t25-,26+,29-,30+,32-,33-,34-,35+/m0/s1. The summed E-state index contributed by atoms with van der Waals surface area (Å²) < 4.78 is 44.7. The molecule has 16 heteroatoms. The van der Waals surface area contributed by atoms with Crippen LogP contribution in [0.3, 0.4) is 0 Å². The zero-order valence-electron chi connectivity index (χ0n) is 35.0. The van der Waals surface area contributed by atoms with Crippen molar-refractivity contribution in [3.8, 4) is 0 Å². The highest BCUT2D eigenvalue weighted by Crippen LogP contribution is 2.30. The molecule has 0 aromatic heterocycles. The van der Waals surface area contributed by atoms with E-state index < -0.39 is 64.2 Å².